The van der Waals surface area contributed by atoms with Crippen LogP contribution in [0.1, 0.15) is 19.7 Å². The van der Waals surface area contributed by atoms with Gasteiger partial charge in [-0.2, -0.15) is 0 Å². The van der Waals surface area contributed by atoms with Crippen LogP contribution < -0.4 is 5.73 Å². The lowest BCUT2D eigenvalue weighted by Crippen LogP contribution is -2.06. The fraction of sp³-hybridized carbons (Fsp3) is 0.400. The van der Waals surface area contributed by atoms with Gasteiger partial charge in [-0.15, -0.1) is 11.3 Å². The van der Waals surface area contributed by atoms with Crippen molar-refractivity contribution < 1.29 is 4.74 Å². The summed E-state index contributed by atoms with van der Waals surface area (Å²) in [6.07, 6.45) is 0.175. The SMILES string of the molecule is CC(C)OCc1nc(N)c2ccsc2n1. The van der Waals surface area contributed by atoms with Crippen molar-refractivity contribution in [2.75, 3.05) is 5.73 Å². The number of fused-ring (bicyclic) bond motifs is 1. The van der Waals surface area contributed by atoms with Crippen LogP contribution in [0.4, 0.5) is 5.82 Å². The topological polar surface area (TPSA) is 61.0 Å². The van der Waals surface area contributed by atoms with Gasteiger partial charge in [-0.25, -0.2) is 9.97 Å². The summed E-state index contributed by atoms with van der Waals surface area (Å²) in [5, 5.41) is 2.89. The highest BCUT2D eigenvalue weighted by atomic mass is 32.1. The highest BCUT2D eigenvalue weighted by Gasteiger charge is 2.06. The van der Waals surface area contributed by atoms with E-state index < -0.39 is 0 Å². The Morgan fingerprint density at radius 1 is 1.47 bits per heavy atom. The third-order valence-corrected chi connectivity index (χ3v) is 2.75. The fourth-order valence-corrected chi connectivity index (χ4v) is 2.02. The maximum Gasteiger partial charge on any atom is 0.158 e. The molecule has 2 aromatic rings. The minimum absolute atomic E-state index is 0.175. The first kappa shape index (κ1) is 10.3. The van der Waals surface area contributed by atoms with Gasteiger partial charge in [0.05, 0.1) is 11.5 Å². The summed E-state index contributed by atoms with van der Waals surface area (Å²) in [7, 11) is 0. The summed E-state index contributed by atoms with van der Waals surface area (Å²) in [5.41, 5.74) is 5.81. The second-order valence-electron chi connectivity index (χ2n) is 3.52. The van der Waals surface area contributed by atoms with Crippen LogP contribution in [-0.4, -0.2) is 16.1 Å². The van der Waals surface area contributed by atoms with Crippen molar-refractivity contribution in [2.45, 2.75) is 26.6 Å². The van der Waals surface area contributed by atoms with E-state index in [1.807, 2.05) is 25.3 Å². The summed E-state index contributed by atoms with van der Waals surface area (Å²) < 4.78 is 5.43. The van der Waals surface area contributed by atoms with Crippen molar-refractivity contribution >= 4 is 27.4 Å². The van der Waals surface area contributed by atoms with E-state index in [0.29, 0.717) is 18.2 Å². The van der Waals surface area contributed by atoms with Crippen LogP contribution in [0.5, 0.6) is 0 Å². The van der Waals surface area contributed by atoms with E-state index >= 15 is 0 Å². The van der Waals surface area contributed by atoms with Crippen LogP contribution in [0.15, 0.2) is 11.4 Å². The first-order valence-corrected chi connectivity index (χ1v) is 5.66. The molecule has 0 aliphatic heterocycles. The van der Waals surface area contributed by atoms with Crippen molar-refractivity contribution in [3.05, 3.63) is 17.3 Å². The van der Waals surface area contributed by atoms with Crippen molar-refractivity contribution in [2.24, 2.45) is 0 Å². The lowest BCUT2D eigenvalue weighted by Gasteiger charge is -2.06. The van der Waals surface area contributed by atoms with Gasteiger partial charge in [-0.3, -0.25) is 0 Å². The summed E-state index contributed by atoms with van der Waals surface area (Å²) in [4.78, 5) is 9.49. The van der Waals surface area contributed by atoms with E-state index in [1.54, 1.807) is 11.3 Å². The molecule has 0 saturated carbocycles. The largest absolute Gasteiger partial charge is 0.383 e. The summed E-state index contributed by atoms with van der Waals surface area (Å²) >= 11 is 1.56. The van der Waals surface area contributed by atoms with E-state index in [4.69, 9.17) is 10.5 Å². The molecule has 15 heavy (non-hydrogen) atoms. The van der Waals surface area contributed by atoms with Crippen LogP contribution in [0, 0.1) is 0 Å². The number of hydrogen-bond acceptors (Lipinski definition) is 5. The molecule has 0 bridgehead atoms. The number of nitrogens with zero attached hydrogens (tertiary/aromatic N) is 2. The van der Waals surface area contributed by atoms with E-state index in [0.717, 1.165) is 10.2 Å². The minimum Gasteiger partial charge on any atom is -0.383 e. The van der Waals surface area contributed by atoms with Gasteiger partial charge in [0.25, 0.3) is 0 Å². The second-order valence-corrected chi connectivity index (χ2v) is 4.42. The van der Waals surface area contributed by atoms with Gasteiger partial charge in [0, 0.05) is 0 Å². The van der Waals surface area contributed by atoms with Crippen LogP contribution in [0.2, 0.25) is 0 Å². The predicted molar refractivity (Wildman–Crippen MR) is 61.8 cm³/mol. The first-order chi connectivity index (χ1) is 7.16. The van der Waals surface area contributed by atoms with Gasteiger partial charge >= 0.3 is 0 Å². The van der Waals surface area contributed by atoms with E-state index in [-0.39, 0.29) is 6.10 Å². The molecule has 5 heteroatoms. The number of rotatable bonds is 3. The Morgan fingerprint density at radius 2 is 2.27 bits per heavy atom. The van der Waals surface area contributed by atoms with E-state index in [9.17, 15) is 0 Å². The molecule has 4 nitrogen and oxygen atoms in total. The van der Waals surface area contributed by atoms with Crippen LogP contribution in [0.25, 0.3) is 10.2 Å². The molecule has 0 amide bonds. The van der Waals surface area contributed by atoms with Gasteiger partial charge in [0.2, 0.25) is 0 Å². The Morgan fingerprint density at radius 3 is 3.00 bits per heavy atom. The van der Waals surface area contributed by atoms with Crippen LogP contribution in [0.3, 0.4) is 0 Å². The maximum absolute atomic E-state index is 5.81. The quantitative estimate of drug-likeness (QED) is 0.866. The monoisotopic (exact) mass is 223 g/mol. The van der Waals surface area contributed by atoms with Crippen molar-refractivity contribution in [1.29, 1.82) is 0 Å². The lowest BCUT2D eigenvalue weighted by molar-refractivity contribution is 0.0615. The number of nitrogen functional groups attached to an aromatic ring is 1. The highest BCUT2D eigenvalue weighted by molar-refractivity contribution is 7.16. The van der Waals surface area contributed by atoms with Crippen LogP contribution >= 0.6 is 11.3 Å². The molecule has 0 atom stereocenters. The fourth-order valence-electron chi connectivity index (χ4n) is 1.23. The molecule has 0 aromatic carbocycles. The summed E-state index contributed by atoms with van der Waals surface area (Å²) in [5.74, 6) is 1.18. The molecule has 2 rings (SSSR count). The summed E-state index contributed by atoms with van der Waals surface area (Å²) in [6, 6.07) is 1.93. The normalized spacial score (nSPS) is 11.4. The Labute approximate surface area is 92.1 Å². The average molecular weight is 223 g/mol. The number of aromatic nitrogens is 2. The molecule has 2 N–H and O–H groups in total. The Balaban J connectivity index is 2.28. The van der Waals surface area contributed by atoms with Gasteiger partial charge < -0.3 is 10.5 Å². The molecule has 2 aromatic heterocycles. The van der Waals surface area contributed by atoms with Crippen molar-refractivity contribution in [3.63, 3.8) is 0 Å². The second kappa shape index (κ2) is 4.12. The van der Waals surface area contributed by atoms with Crippen LogP contribution in [-0.2, 0) is 11.3 Å². The zero-order valence-corrected chi connectivity index (χ0v) is 9.54. The van der Waals surface area contributed by atoms with Gasteiger partial charge in [0.1, 0.15) is 17.3 Å². The molecule has 80 valence electrons. The first-order valence-electron chi connectivity index (χ1n) is 4.78. The lowest BCUT2D eigenvalue weighted by atomic mass is 10.4. The molecule has 0 aliphatic rings. The molecule has 0 unspecified atom stereocenters. The van der Waals surface area contributed by atoms with Gasteiger partial charge in [-0.05, 0) is 25.3 Å². The number of anilines is 1. The Kier molecular flexibility index (Phi) is 2.83. The number of nitrogens with two attached hydrogens (primary N) is 1. The molecule has 0 spiro atoms. The van der Waals surface area contributed by atoms with E-state index in [2.05, 4.69) is 9.97 Å². The third-order valence-electron chi connectivity index (χ3n) is 1.95. The Hall–Kier alpha value is -1.20. The zero-order chi connectivity index (χ0) is 10.8. The third kappa shape index (κ3) is 2.24. The van der Waals surface area contributed by atoms with Gasteiger partial charge in [-0.1, -0.05) is 0 Å². The number of hydrogen-bond donors (Lipinski definition) is 1. The molecule has 0 radical (unpaired) electrons. The maximum atomic E-state index is 5.81. The number of ether oxygens (including phenoxy) is 1. The molecule has 0 saturated heterocycles. The summed E-state index contributed by atoms with van der Waals surface area (Å²) in [6.45, 7) is 4.37. The smallest absolute Gasteiger partial charge is 0.158 e. The molecule has 0 fully saturated rings. The standard InChI is InChI=1S/C10H13N3OS/c1-6(2)14-5-8-12-9(11)7-3-4-15-10(7)13-8/h3-4,6H,5H2,1-2H3,(H2,11,12,13). The molecular formula is C10H13N3OS. The van der Waals surface area contributed by atoms with E-state index in [1.165, 1.54) is 0 Å². The number of thiophene rings is 1. The van der Waals surface area contributed by atoms with Crippen molar-refractivity contribution in [3.8, 4) is 0 Å². The van der Waals surface area contributed by atoms with Gasteiger partial charge in [0.15, 0.2) is 5.82 Å². The van der Waals surface area contributed by atoms with Crippen molar-refractivity contribution in [1.82, 2.24) is 9.97 Å². The minimum atomic E-state index is 0.175. The molecule has 0 aliphatic carbocycles. The molecular weight excluding hydrogens is 210 g/mol. The average Bonchev–Trinajstić information content (AvgIpc) is 2.63. The zero-order valence-electron chi connectivity index (χ0n) is 8.73. The predicted octanol–water partition coefficient (Wildman–Crippen LogP) is 2.20. The molecule has 2 heterocycles. The Bertz CT molecular complexity index is 467. The highest BCUT2D eigenvalue weighted by Crippen LogP contribution is 2.22.